The Labute approximate surface area is 227 Å². The number of carbonyl (C=O) groups excluding carboxylic acids is 3. The molecule has 3 saturated heterocycles. The van der Waals surface area contributed by atoms with E-state index in [2.05, 4.69) is 5.32 Å². The van der Waals surface area contributed by atoms with Crippen LogP contribution in [0.25, 0.3) is 0 Å². The Morgan fingerprint density at radius 3 is 2.51 bits per heavy atom. The minimum Gasteiger partial charge on any atom is -0.458 e. The summed E-state index contributed by atoms with van der Waals surface area (Å²) in [5.41, 5.74) is -4.15. The molecule has 1 aromatic carbocycles. The fraction of sp³-hybridized carbons (Fsp3) is 0.633. The summed E-state index contributed by atoms with van der Waals surface area (Å²) in [4.78, 5) is 40.2. The minimum absolute atomic E-state index is 0.304. The second-order valence-corrected chi connectivity index (χ2v) is 12.6. The number of hydrogen-bond acceptors (Lipinski definition) is 8. The summed E-state index contributed by atoms with van der Waals surface area (Å²) in [6, 6.07) is 9.40. The molecule has 1 saturated carbocycles. The molecule has 5 aliphatic rings. The standard InChI is InChI=1S/C30H37NO8/c1-15-10-9-13-18-23(34)29(5)28(4,39-29)21-19(14-17-11-7-6-8-12-17)31-26(35)30(18,21)25(37-16(2)32)20-24(38-20)27(3,36)22(15)33/h6-9,11-13,15,18-21,23-25,34,36H,10,14H2,1-5H3,(H,31,35)/t15-,18-,19-,20+,21+,23-,24+,25+,27-,28+,29-,30-/m0/s1. The largest absolute Gasteiger partial charge is 0.458 e. The topological polar surface area (TPSA) is 138 Å². The third-order valence-electron chi connectivity index (χ3n) is 10.3. The van der Waals surface area contributed by atoms with Gasteiger partial charge in [0, 0.05) is 30.7 Å². The van der Waals surface area contributed by atoms with Crippen molar-refractivity contribution >= 4 is 17.7 Å². The number of Topliss-reactive ketones (excluding diaryl/α,β-unsaturated/α-hetero) is 1. The highest BCUT2D eigenvalue weighted by atomic mass is 16.7. The molecular weight excluding hydrogens is 502 g/mol. The number of esters is 1. The molecule has 1 amide bonds. The van der Waals surface area contributed by atoms with Gasteiger partial charge in [0.15, 0.2) is 5.78 Å². The average Bonchev–Trinajstić information content (AvgIpc) is 3.75. The van der Waals surface area contributed by atoms with Crippen molar-refractivity contribution in [1.82, 2.24) is 5.32 Å². The van der Waals surface area contributed by atoms with Crippen LogP contribution in [0.3, 0.4) is 0 Å². The molecule has 39 heavy (non-hydrogen) atoms. The monoisotopic (exact) mass is 539 g/mol. The normalized spacial score (nSPS) is 49.9. The van der Waals surface area contributed by atoms with Gasteiger partial charge in [-0.3, -0.25) is 14.4 Å². The molecule has 3 heterocycles. The summed E-state index contributed by atoms with van der Waals surface area (Å²) in [5.74, 6) is -3.22. The van der Waals surface area contributed by atoms with Gasteiger partial charge >= 0.3 is 5.97 Å². The number of epoxide rings is 2. The van der Waals surface area contributed by atoms with Gasteiger partial charge in [0.1, 0.15) is 40.5 Å². The molecule has 4 fully saturated rings. The highest BCUT2D eigenvalue weighted by Crippen LogP contribution is 2.71. The lowest BCUT2D eigenvalue weighted by Gasteiger charge is -2.51. The van der Waals surface area contributed by atoms with E-state index < -0.39 is 76.4 Å². The number of carbonyl (C=O) groups is 3. The van der Waals surface area contributed by atoms with Crippen molar-refractivity contribution in [3.63, 3.8) is 0 Å². The molecule has 0 unspecified atom stereocenters. The number of ether oxygens (including phenoxy) is 3. The average molecular weight is 540 g/mol. The second kappa shape index (κ2) is 8.46. The zero-order chi connectivity index (χ0) is 28.1. The van der Waals surface area contributed by atoms with E-state index in [9.17, 15) is 24.6 Å². The Kier molecular flexibility index (Phi) is 5.77. The lowest BCUT2D eigenvalue weighted by Crippen LogP contribution is -2.67. The van der Waals surface area contributed by atoms with E-state index in [1.807, 2.05) is 44.2 Å². The van der Waals surface area contributed by atoms with Crippen molar-refractivity contribution in [3.8, 4) is 0 Å². The van der Waals surface area contributed by atoms with Gasteiger partial charge in [-0.2, -0.15) is 0 Å². The molecule has 1 spiro atoms. The Bertz CT molecular complexity index is 1250. The fourth-order valence-electron chi connectivity index (χ4n) is 8.19. The van der Waals surface area contributed by atoms with Crippen LogP contribution in [0, 0.1) is 23.2 Å². The summed E-state index contributed by atoms with van der Waals surface area (Å²) >= 11 is 0. The van der Waals surface area contributed by atoms with Crippen LogP contribution in [0.4, 0.5) is 0 Å². The number of benzene rings is 1. The molecule has 6 rings (SSSR count). The van der Waals surface area contributed by atoms with Crippen LogP contribution in [0.15, 0.2) is 42.5 Å². The van der Waals surface area contributed by atoms with Gasteiger partial charge in [0.25, 0.3) is 0 Å². The molecule has 0 bridgehead atoms. The van der Waals surface area contributed by atoms with Crippen LogP contribution in [-0.4, -0.2) is 75.1 Å². The fourth-order valence-corrected chi connectivity index (χ4v) is 8.19. The zero-order valence-electron chi connectivity index (χ0n) is 22.9. The van der Waals surface area contributed by atoms with E-state index in [0.717, 1.165) is 5.56 Å². The first-order valence-corrected chi connectivity index (χ1v) is 13.8. The highest BCUT2D eigenvalue weighted by molar-refractivity contribution is 5.91. The first kappa shape index (κ1) is 26.6. The van der Waals surface area contributed by atoms with Gasteiger partial charge < -0.3 is 29.7 Å². The predicted octanol–water partition coefficient (Wildman–Crippen LogP) is 1.48. The number of aliphatic hydroxyl groups excluding tert-OH is 1. The first-order chi connectivity index (χ1) is 18.3. The molecule has 3 aliphatic heterocycles. The van der Waals surface area contributed by atoms with Gasteiger partial charge in [-0.15, -0.1) is 0 Å². The maximum Gasteiger partial charge on any atom is 0.303 e. The van der Waals surface area contributed by atoms with Gasteiger partial charge in [0.2, 0.25) is 5.91 Å². The molecular formula is C30H37NO8. The van der Waals surface area contributed by atoms with Gasteiger partial charge in [0.05, 0.1) is 6.10 Å². The number of allylic oxidation sites excluding steroid dienone is 1. The molecule has 9 heteroatoms. The summed E-state index contributed by atoms with van der Waals surface area (Å²) in [6.07, 6.45) is 0.231. The number of aliphatic hydroxyl groups is 2. The lowest BCUT2D eigenvalue weighted by atomic mass is 9.49. The van der Waals surface area contributed by atoms with Crippen molar-refractivity contribution in [1.29, 1.82) is 0 Å². The summed E-state index contributed by atoms with van der Waals surface area (Å²) in [5, 5.41) is 26.4. The summed E-state index contributed by atoms with van der Waals surface area (Å²) < 4.78 is 18.3. The SMILES string of the molecule is CC(=O)O[C@@H]1[C@@H]2O[C@H]2[C@@](C)(O)C(=O)[C@@H](C)CC=C[C@H]2[C@H](O)[C@]3(C)O[C@]3(C)[C@H]3[C@H](Cc4ccccc4)NC(=O)[C@@]123. The van der Waals surface area contributed by atoms with Crippen LogP contribution in [-0.2, 0) is 35.0 Å². The van der Waals surface area contributed by atoms with Crippen LogP contribution in [0.1, 0.15) is 46.6 Å². The van der Waals surface area contributed by atoms with E-state index in [4.69, 9.17) is 14.2 Å². The van der Waals surface area contributed by atoms with E-state index >= 15 is 0 Å². The third-order valence-corrected chi connectivity index (χ3v) is 10.3. The first-order valence-electron chi connectivity index (χ1n) is 13.8. The smallest absolute Gasteiger partial charge is 0.303 e. The van der Waals surface area contributed by atoms with E-state index in [1.54, 1.807) is 19.1 Å². The van der Waals surface area contributed by atoms with Crippen LogP contribution in [0.2, 0.25) is 0 Å². The molecule has 0 radical (unpaired) electrons. The Morgan fingerprint density at radius 2 is 1.85 bits per heavy atom. The lowest BCUT2D eigenvalue weighted by molar-refractivity contribution is -0.178. The maximum atomic E-state index is 14.4. The van der Waals surface area contributed by atoms with Crippen LogP contribution < -0.4 is 5.32 Å². The number of ketones is 1. The van der Waals surface area contributed by atoms with E-state index in [-0.39, 0.29) is 11.7 Å². The van der Waals surface area contributed by atoms with E-state index in [1.165, 1.54) is 13.8 Å². The van der Waals surface area contributed by atoms with Crippen molar-refractivity contribution < 1.29 is 38.8 Å². The molecule has 0 aromatic heterocycles. The maximum absolute atomic E-state index is 14.4. The molecule has 2 aliphatic carbocycles. The predicted molar refractivity (Wildman–Crippen MR) is 138 cm³/mol. The summed E-state index contributed by atoms with van der Waals surface area (Å²) in [7, 11) is 0. The Morgan fingerprint density at radius 1 is 1.15 bits per heavy atom. The number of rotatable bonds is 3. The third kappa shape index (κ3) is 3.49. The second-order valence-electron chi connectivity index (χ2n) is 12.6. The Balaban J connectivity index is 1.56. The molecule has 9 nitrogen and oxygen atoms in total. The van der Waals surface area contributed by atoms with Crippen molar-refractivity contribution in [2.45, 2.75) is 94.7 Å². The molecule has 12 atom stereocenters. The van der Waals surface area contributed by atoms with Crippen molar-refractivity contribution in [2.75, 3.05) is 0 Å². The molecule has 210 valence electrons. The number of hydrogen-bond donors (Lipinski definition) is 3. The van der Waals surface area contributed by atoms with Gasteiger partial charge in [-0.25, -0.2) is 0 Å². The minimum atomic E-state index is -1.84. The number of amides is 1. The van der Waals surface area contributed by atoms with Gasteiger partial charge in [-0.05, 0) is 39.2 Å². The van der Waals surface area contributed by atoms with Crippen LogP contribution in [0.5, 0.6) is 0 Å². The molecule has 1 aromatic rings. The highest BCUT2D eigenvalue weighted by Gasteiger charge is 2.87. The quantitative estimate of drug-likeness (QED) is 0.298. The van der Waals surface area contributed by atoms with Crippen molar-refractivity contribution in [2.24, 2.45) is 23.2 Å². The molecule has 3 N–H and O–H groups in total. The van der Waals surface area contributed by atoms with Crippen LogP contribution >= 0.6 is 0 Å². The number of fused-ring (bicyclic) bond motifs is 3. The van der Waals surface area contributed by atoms with Crippen molar-refractivity contribution in [3.05, 3.63) is 48.0 Å². The van der Waals surface area contributed by atoms with Gasteiger partial charge in [-0.1, -0.05) is 49.4 Å². The summed E-state index contributed by atoms with van der Waals surface area (Å²) in [6.45, 7) is 8.18. The van der Waals surface area contributed by atoms with E-state index in [0.29, 0.717) is 12.8 Å². The number of nitrogens with one attached hydrogen (secondary N) is 1. The zero-order valence-corrected chi connectivity index (χ0v) is 22.9. The Hall–Kier alpha value is -2.59.